The lowest BCUT2D eigenvalue weighted by Crippen LogP contribution is -2.50. The molecule has 9 heteroatoms. The fourth-order valence-electron chi connectivity index (χ4n) is 4.76. The number of allylic oxidation sites excluding steroid dienone is 2. The van der Waals surface area contributed by atoms with Crippen molar-refractivity contribution in [3.63, 3.8) is 0 Å². The number of hydrogen-bond donors (Lipinski definition) is 1. The van der Waals surface area contributed by atoms with Gasteiger partial charge in [-0.25, -0.2) is 8.42 Å². The van der Waals surface area contributed by atoms with Gasteiger partial charge in [-0.1, -0.05) is 19.1 Å². The van der Waals surface area contributed by atoms with Crippen LogP contribution in [0.3, 0.4) is 0 Å². The van der Waals surface area contributed by atoms with Crippen LogP contribution in [0.2, 0.25) is 0 Å². The first kappa shape index (κ1) is 26.3. The molecule has 8 nitrogen and oxygen atoms in total. The van der Waals surface area contributed by atoms with Crippen LogP contribution in [0.25, 0.3) is 5.57 Å². The molecule has 0 saturated heterocycles. The molecule has 2 aliphatic rings. The Morgan fingerprint density at radius 1 is 1.28 bits per heavy atom. The van der Waals surface area contributed by atoms with E-state index in [0.717, 1.165) is 30.4 Å². The normalized spacial score (nSPS) is 22.5. The van der Waals surface area contributed by atoms with Gasteiger partial charge in [0.2, 0.25) is 15.9 Å². The highest BCUT2D eigenvalue weighted by Gasteiger charge is 2.38. The minimum Gasteiger partial charge on any atom is -0.487 e. The minimum absolute atomic E-state index is 0.0580. The van der Waals surface area contributed by atoms with Crippen LogP contribution in [0.1, 0.15) is 44.2 Å². The van der Waals surface area contributed by atoms with Gasteiger partial charge in [-0.2, -0.15) is 4.31 Å². The van der Waals surface area contributed by atoms with Crippen LogP contribution < -0.4 is 4.74 Å². The Bertz CT molecular complexity index is 1220. The number of aliphatic hydroxyl groups excluding tert-OH is 1. The van der Waals surface area contributed by atoms with Crippen LogP contribution in [0.15, 0.2) is 53.7 Å². The van der Waals surface area contributed by atoms with Crippen molar-refractivity contribution in [1.29, 1.82) is 0 Å². The minimum atomic E-state index is -3.89. The fraction of sp³-hybridized carbons (Fsp3) is 0.481. The van der Waals surface area contributed by atoms with E-state index in [1.54, 1.807) is 37.3 Å². The molecule has 1 aliphatic heterocycles. The average Bonchev–Trinajstić information content (AvgIpc) is 3.41. The smallest absolute Gasteiger partial charge is 0.247 e. The SMILES string of the molecule is C[C@@H]1CN([C@@H](C)CO)S(=O)(=O)c2ccc(C3=CCCC3)cc2O[C@@H]1CN(C)C(=O)Cc1ccncc1. The second kappa shape index (κ2) is 11.1. The van der Waals surface area contributed by atoms with Gasteiger partial charge < -0.3 is 14.7 Å². The van der Waals surface area contributed by atoms with Crippen molar-refractivity contribution in [2.75, 3.05) is 26.7 Å². The molecule has 0 saturated carbocycles. The van der Waals surface area contributed by atoms with E-state index >= 15 is 0 Å². The van der Waals surface area contributed by atoms with Crippen molar-refractivity contribution in [3.8, 4) is 5.75 Å². The summed E-state index contributed by atoms with van der Waals surface area (Å²) in [5.41, 5.74) is 3.02. The Labute approximate surface area is 213 Å². The van der Waals surface area contributed by atoms with Gasteiger partial charge in [-0.15, -0.1) is 0 Å². The van der Waals surface area contributed by atoms with Crippen molar-refractivity contribution in [1.82, 2.24) is 14.2 Å². The second-order valence-electron chi connectivity index (χ2n) is 9.83. The Kier molecular flexibility index (Phi) is 8.12. The summed E-state index contributed by atoms with van der Waals surface area (Å²) in [6, 6.07) is 8.30. The lowest BCUT2D eigenvalue weighted by Gasteiger charge is -2.37. The van der Waals surface area contributed by atoms with E-state index in [9.17, 15) is 18.3 Å². The van der Waals surface area contributed by atoms with E-state index in [-0.39, 0.29) is 36.3 Å². The lowest BCUT2D eigenvalue weighted by atomic mass is 10.0. The largest absolute Gasteiger partial charge is 0.487 e. The van der Waals surface area contributed by atoms with Gasteiger partial charge in [0.15, 0.2) is 0 Å². The molecule has 2 heterocycles. The van der Waals surface area contributed by atoms with Gasteiger partial charge in [0.1, 0.15) is 16.7 Å². The van der Waals surface area contributed by atoms with E-state index < -0.39 is 22.2 Å². The molecular weight excluding hydrogens is 478 g/mol. The maximum atomic E-state index is 13.6. The van der Waals surface area contributed by atoms with E-state index in [0.29, 0.717) is 12.3 Å². The molecular formula is C27H35N3O5S. The van der Waals surface area contributed by atoms with Gasteiger partial charge in [0, 0.05) is 37.9 Å². The van der Waals surface area contributed by atoms with Crippen molar-refractivity contribution in [2.45, 2.75) is 56.6 Å². The summed E-state index contributed by atoms with van der Waals surface area (Å²) in [4.78, 5) is 18.7. The number of benzene rings is 1. The Hall–Kier alpha value is -2.75. The summed E-state index contributed by atoms with van der Waals surface area (Å²) in [5.74, 6) is 0.00627. The molecule has 0 spiro atoms. The number of carbonyl (C=O) groups excluding carboxylic acids is 1. The van der Waals surface area contributed by atoms with Gasteiger partial charge in [-0.3, -0.25) is 9.78 Å². The van der Waals surface area contributed by atoms with Crippen LogP contribution in [0.5, 0.6) is 5.75 Å². The topological polar surface area (TPSA) is 100 Å². The van der Waals surface area contributed by atoms with E-state index in [2.05, 4.69) is 11.1 Å². The summed E-state index contributed by atoms with van der Waals surface area (Å²) in [7, 11) is -2.15. The van der Waals surface area contributed by atoms with E-state index in [1.165, 1.54) is 9.88 Å². The van der Waals surface area contributed by atoms with E-state index in [4.69, 9.17) is 4.74 Å². The molecule has 1 aromatic heterocycles. The summed E-state index contributed by atoms with van der Waals surface area (Å²) < 4.78 is 35.1. The first-order valence-corrected chi connectivity index (χ1v) is 13.9. The summed E-state index contributed by atoms with van der Waals surface area (Å²) in [5, 5.41) is 9.83. The fourth-order valence-corrected chi connectivity index (χ4v) is 6.58. The zero-order chi connectivity index (χ0) is 25.9. The standard InChI is InChI=1S/C27H35N3O5S/c1-19-16-30(20(2)18-31)36(33,34)26-9-8-23(22-6-4-5-7-22)15-24(26)35-25(19)17-29(3)27(32)14-21-10-12-28-13-11-21/h6,8-13,15,19-20,25,31H,4-5,7,14,16-18H2,1-3H3/t19-,20+,25-/m1/s1. The van der Waals surface area contributed by atoms with Crippen LogP contribution in [0, 0.1) is 5.92 Å². The first-order chi connectivity index (χ1) is 17.2. The molecule has 3 atom stereocenters. The first-order valence-electron chi connectivity index (χ1n) is 12.5. The molecule has 0 radical (unpaired) electrons. The predicted octanol–water partition coefficient (Wildman–Crippen LogP) is 3.12. The van der Waals surface area contributed by atoms with Crippen LogP contribution in [-0.2, 0) is 21.2 Å². The Balaban J connectivity index is 1.66. The van der Waals surface area contributed by atoms with Crippen molar-refractivity contribution < 1.29 is 23.1 Å². The molecule has 4 rings (SSSR count). The number of pyridine rings is 1. The van der Waals surface area contributed by atoms with Gasteiger partial charge in [-0.05, 0) is 67.2 Å². The van der Waals surface area contributed by atoms with Crippen LogP contribution >= 0.6 is 0 Å². The third-order valence-electron chi connectivity index (χ3n) is 7.06. The maximum absolute atomic E-state index is 13.6. The number of aliphatic hydroxyl groups is 1. The van der Waals surface area contributed by atoms with Gasteiger partial charge >= 0.3 is 0 Å². The molecule has 0 unspecified atom stereocenters. The molecule has 2 aromatic rings. The molecule has 1 aromatic carbocycles. The number of ether oxygens (including phenoxy) is 1. The number of aromatic nitrogens is 1. The molecule has 1 N–H and O–H groups in total. The molecule has 1 amide bonds. The van der Waals surface area contributed by atoms with Crippen molar-refractivity contribution >= 4 is 21.5 Å². The highest BCUT2D eigenvalue weighted by molar-refractivity contribution is 7.89. The highest BCUT2D eigenvalue weighted by atomic mass is 32.2. The number of carbonyl (C=O) groups is 1. The zero-order valence-corrected chi connectivity index (χ0v) is 21.9. The second-order valence-corrected chi connectivity index (χ2v) is 11.7. The molecule has 0 bridgehead atoms. The quantitative estimate of drug-likeness (QED) is 0.611. The number of sulfonamides is 1. The highest BCUT2D eigenvalue weighted by Crippen LogP contribution is 2.37. The lowest BCUT2D eigenvalue weighted by molar-refractivity contribution is -0.130. The third-order valence-corrected chi connectivity index (χ3v) is 9.08. The van der Waals surface area contributed by atoms with E-state index in [1.807, 2.05) is 31.2 Å². The number of nitrogens with zero attached hydrogens (tertiary/aromatic N) is 3. The molecule has 36 heavy (non-hydrogen) atoms. The van der Waals surface area contributed by atoms with Crippen molar-refractivity contribution in [3.05, 3.63) is 59.9 Å². The van der Waals surface area contributed by atoms with Gasteiger partial charge in [0.05, 0.1) is 19.6 Å². The monoisotopic (exact) mass is 513 g/mol. The van der Waals surface area contributed by atoms with Crippen molar-refractivity contribution in [2.24, 2.45) is 5.92 Å². The van der Waals surface area contributed by atoms with Crippen LogP contribution in [0.4, 0.5) is 0 Å². The number of rotatable bonds is 7. The summed E-state index contributed by atoms with van der Waals surface area (Å²) in [6.07, 6.45) is 8.36. The Morgan fingerprint density at radius 2 is 2.03 bits per heavy atom. The third kappa shape index (κ3) is 5.63. The predicted molar refractivity (Wildman–Crippen MR) is 138 cm³/mol. The maximum Gasteiger partial charge on any atom is 0.247 e. The molecule has 194 valence electrons. The van der Waals surface area contributed by atoms with Crippen LogP contribution in [-0.4, -0.2) is 72.5 Å². The molecule has 1 aliphatic carbocycles. The number of fused-ring (bicyclic) bond motifs is 1. The summed E-state index contributed by atoms with van der Waals surface area (Å²) >= 11 is 0. The average molecular weight is 514 g/mol. The zero-order valence-electron chi connectivity index (χ0n) is 21.1. The van der Waals surface area contributed by atoms with Gasteiger partial charge in [0.25, 0.3) is 0 Å². The number of amides is 1. The molecule has 0 fully saturated rings. The summed E-state index contributed by atoms with van der Waals surface area (Å²) in [6.45, 7) is 3.81. The number of likely N-dealkylation sites (N-methyl/N-ethyl adjacent to an activating group) is 1. The Morgan fingerprint density at radius 3 is 2.69 bits per heavy atom. The number of hydrogen-bond acceptors (Lipinski definition) is 6.